The minimum Gasteiger partial charge on any atom is -0.480 e. The van der Waals surface area contributed by atoms with Crippen LogP contribution in [0.3, 0.4) is 0 Å². The second-order valence-electron chi connectivity index (χ2n) is 2.92. The van der Waals surface area contributed by atoms with Crippen molar-refractivity contribution < 1.29 is 25.0 Å². The molecule has 0 heterocycles. The fraction of sp³-hybridized carbons (Fsp3) is 0.833. The summed E-state index contributed by atoms with van der Waals surface area (Å²) in [7, 11) is -2.17. The lowest BCUT2D eigenvalue weighted by molar-refractivity contribution is -0.138. The fourth-order valence-electron chi connectivity index (χ4n) is 0.609. The Balaban J connectivity index is 0. The summed E-state index contributed by atoms with van der Waals surface area (Å²) in [4.78, 5) is 10.1. The summed E-state index contributed by atoms with van der Waals surface area (Å²) < 4.78 is 0. The van der Waals surface area contributed by atoms with E-state index in [1.165, 1.54) is 0 Å². The lowest BCUT2D eigenvalue weighted by Gasteiger charge is -2.07. The van der Waals surface area contributed by atoms with Crippen molar-refractivity contribution >= 4 is 13.3 Å². The molecule has 0 aromatic carbocycles. The third kappa shape index (κ3) is 18.4. The second kappa shape index (κ2) is 8.00. The van der Waals surface area contributed by atoms with Gasteiger partial charge in [0.2, 0.25) is 0 Å². The van der Waals surface area contributed by atoms with Gasteiger partial charge < -0.3 is 25.9 Å². The summed E-state index contributed by atoms with van der Waals surface area (Å²) in [6, 6.07) is -0.690. The monoisotopic (exact) mass is 193 g/mol. The Morgan fingerprint density at radius 2 is 1.69 bits per heavy atom. The van der Waals surface area contributed by atoms with E-state index in [2.05, 4.69) is 0 Å². The van der Waals surface area contributed by atoms with E-state index >= 15 is 0 Å². The molecule has 0 saturated carbocycles. The van der Waals surface area contributed by atoms with Crippen molar-refractivity contribution in [3.8, 4) is 0 Å². The molecular weight excluding hydrogens is 177 g/mol. The summed E-state index contributed by atoms with van der Waals surface area (Å²) >= 11 is 0. The Morgan fingerprint density at radius 3 is 1.77 bits per heavy atom. The normalized spacial score (nSPS) is 11.6. The zero-order chi connectivity index (χ0) is 11.0. The van der Waals surface area contributed by atoms with Crippen molar-refractivity contribution in [2.75, 3.05) is 0 Å². The first-order chi connectivity index (χ1) is 5.77. The standard InChI is InChI=1S/C6H13NO2.BH3O3/c1-4(2)3-5(7)6(8)9;2-1(3)4/h4-5H,3,7H2,1-2H3,(H,8,9);2-4H/t5-;/m1./s1. The minimum atomic E-state index is -2.17. The first kappa shape index (κ1) is 14.9. The van der Waals surface area contributed by atoms with E-state index in [1.807, 2.05) is 13.8 Å². The Bertz CT molecular complexity index is 138. The molecule has 7 heteroatoms. The third-order valence-corrected chi connectivity index (χ3v) is 1.04. The van der Waals surface area contributed by atoms with E-state index in [1.54, 1.807) is 0 Å². The average molecular weight is 193 g/mol. The average Bonchev–Trinajstić information content (AvgIpc) is 1.83. The number of rotatable bonds is 3. The van der Waals surface area contributed by atoms with Crippen molar-refractivity contribution in [2.45, 2.75) is 26.3 Å². The van der Waals surface area contributed by atoms with Crippen LogP contribution in [0, 0.1) is 5.92 Å². The molecule has 0 spiro atoms. The van der Waals surface area contributed by atoms with Crippen LogP contribution < -0.4 is 5.73 Å². The van der Waals surface area contributed by atoms with Crippen molar-refractivity contribution in [3.63, 3.8) is 0 Å². The van der Waals surface area contributed by atoms with E-state index in [4.69, 9.17) is 25.9 Å². The molecule has 0 rings (SSSR count). The van der Waals surface area contributed by atoms with Crippen LogP contribution in [0.2, 0.25) is 0 Å². The number of carboxylic acids is 1. The van der Waals surface area contributed by atoms with Crippen LogP contribution in [0.4, 0.5) is 0 Å². The predicted octanol–water partition coefficient (Wildman–Crippen LogP) is -1.61. The maximum Gasteiger partial charge on any atom is 0.631 e. The molecule has 0 aliphatic rings. The van der Waals surface area contributed by atoms with Gasteiger partial charge in [0, 0.05) is 0 Å². The molecule has 6 nitrogen and oxygen atoms in total. The molecule has 0 bridgehead atoms. The largest absolute Gasteiger partial charge is 0.631 e. The molecule has 0 aromatic rings. The number of hydrogen-bond donors (Lipinski definition) is 5. The van der Waals surface area contributed by atoms with Crippen molar-refractivity contribution in [1.29, 1.82) is 0 Å². The van der Waals surface area contributed by atoms with Crippen LogP contribution in [0.5, 0.6) is 0 Å². The van der Waals surface area contributed by atoms with Gasteiger partial charge in [-0.3, -0.25) is 4.79 Å². The van der Waals surface area contributed by atoms with Gasteiger partial charge in [0.25, 0.3) is 0 Å². The van der Waals surface area contributed by atoms with Gasteiger partial charge in [-0.25, -0.2) is 0 Å². The van der Waals surface area contributed by atoms with Gasteiger partial charge in [0.1, 0.15) is 6.04 Å². The fourth-order valence-corrected chi connectivity index (χ4v) is 0.609. The minimum absolute atomic E-state index is 0.357. The molecule has 0 saturated heterocycles. The number of carbonyl (C=O) groups is 1. The van der Waals surface area contributed by atoms with Crippen LogP contribution >= 0.6 is 0 Å². The summed E-state index contributed by atoms with van der Waals surface area (Å²) in [5, 5.41) is 29.8. The lowest BCUT2D eigenvalue weighted by atomic mass is 10.1. The van der Waals surface area contributed by atoms with E-state index in [-0.39, 0.29) is 0 Å². The van der Waals surface area contributed by atoms with Gasteiger partial charge in [-0.15, -0.1) is 0 Å². The van der Waals surface area contributed by atoms with Crippen molar-refractivity contribution in [1.82, 2.24) is 0 Å². The van der Waals surface area contributed by atoms with E-state index in [9.17, 15) is 4.79 Å². The molecule has 0 aromatic heterocycles. The molecule has 78 valence electrons. The van der Waals surface area contributed by atoms with E-state index < -0.39 is 19.3 Å². The number of carboxylic acid groups (broad SMARTS) is 1. The van der Waals surface area contributed by atoms with Gasteiger partial charge >= 0.3 is 13.3 Å². The topological polar surface area (TPSA) is 124 Å². The first-order valence-electron chi connectivity index (χ1n) is 3.80. The number of hydrogen-bond acceptors (Lipinski definition) is 5. The summed E-state index contributed by atoms with van der Waals surface area (Å²) in [5.41, 5.74) is 5.22. The highest BCUT2D eigenvalue weighted by molar-refractivity contribution is 6.30. The van der Waals surface area contributed by atoms with Crippen LogP contribution in [0.1, 0.15) is 20.3 Å². The van der Waals surface area contributed by atoms with Crippen molar-refractivity contribution in [3.05, 3.63) is 0 Å². The molecule has 1 atom stereocenters. The molecule has 0 aliphatic heterocycles. The molecule has 13 heavy (non-hydrogen) atoms. The van der Waals surface area contributed by atoms with Gasteiger partial charge in [-0.1, -0.05) is 13.8 Å². The Hall–Kier alpha value is -0.625. The Morgan fingerprint density at radius 1 is 1.38 bits per heavy atom. The zero-order valence-corrected chi connectivity index (χ0v) is 7.71. The van der Waals surface area contributed by atoms with Gasteiger partial charge in [-0.2, -0.15) is 0 Å². The molecule has 6 N–H and O–H groups in total. The maximum absolute atomic E-state index is 10.1. The number of aliphatic carboxylic acids is 1. The second-order valence-corrected chi connectivity index (χ2v) is 2.92. The molecule has 0 fully saturated rings. The molecular formula is C6H16BNO5. The molecule has 0 aliphatic carbocycles. The van der Waals surface area contributed by atoms with Crippen molar-refractivity contribution in [2.24, 2.45) is 11.7 Å². The van der Waals surface area contributed by atoms with Gasteiger partial charge in [-0.05, 0) is 12.3 Å². The highest BCUT2D eigenvalue weighted by Gasteiger charge is 2.11. The maximum atomic E-state index is 10.1. The zero-order valence-electron chi connectivity index (χ0n) is 7.71. The quantitative estimate of drug-likeness (QED) is 0.343. The predicted molar refractivity (Wildman–Crippen MR) is 47.5 cm³/mol. The summed E-state index contributed by atoms with van der Waals surface area (Å²) in [6.45, 7) is 3.89. The third-order valence-electron chi connectivity index (χ3n) is 1.04. The number of nitrogens with two attached hydrogens (primary N) is 1. The molecule has 0 radical (unpaired) electrons. The van der Waals surface area contributed by atoms with Crippen LogP contribution in [0.15, 0.2) is 0 Å². The van der Waals surface area contributed by atoms with Crippen LogP contribution in [-0.4, -0.2) is 39.5 Å². The molecule has 0 amide bonds. The Labute approximate surface area is 77.2 Å². The van der Waals surface area contributed by atoms with Gasteiger partial charge in [0.15, 0.2) is 0 Å². The molecule has 0 unspecified atom stereocenters. The van der Waals surface area contributed by atoms with Gasteiger partial charge in [0.05, 0.1) is 0 Å². The smallest absolute Gasteiger partial charge is 0.480 e. The highest BCUT2D eigenvalue weighted by Crippen LogP contribution is 2.01. The van der Waals surface area contributed by atoms with Crippen LogP contribution in [-0.2, 0) is 4.79 Å². The highest BCUT2D eigenvalue weighted by atomic mass is 16.5. The Kier molecular flexibility index (Phi) is 9.15. The SMILES string of the molecule is CC(C)C[C@@H](N)C(=O)O.OB(O)O. The summed E-state index contributed by atoms with van der Waals surface area (Å²) in [6.07, 6.45) is 0.551. The van der Waals surface area contributed by atoms with E-state index in [0.717, 1.165) is 0 Å². The van der Waals surface area contributed by atoms with E-state index in [0.29, 0.717) is 12.3 Å². The summed E-state index contributed by atoms with van der Waals surface area (Å²) in [5.74, 6) is -0.556. The lowest BCUT2D eigenvalue weighted by Crippen LogP contribution is -2.31. The van der Waals surface area contributed by atoms with Crippen LogP contribution in [0.25, 0.3) is 0 Å². The first-order valence-corrected chi connectivity index (χ1v) is 3.80.